The van der Waals surface area contributed by atoms with Gasteiger partial charge in [0.25, 0.3) is 0 Å². The molecule has 13 heavy (non-hydrogen) atoms. The second kappa shape index (κ2) is 2.87. The molecule has 0 saturated heterocycles. The van der Waals surface area contributed by atoms with Gasteiger partial charge in [-0.25, -0.2) is 8.42 Å². The first kappa shape index (κ1) is 10.3. The molecule has 0 radical (unpaired) electrons. The van der Waals surface area contributed by atoms with Gasteiger partial charge in [0.1, 0.15) is 5.03 Å². The molecule has 1 aromatic heterocycles. The molecule has 0 spiro atoms. The van der Waals surface area contributed by atoms with Gasteiger partial charge in [-0.05, 0) is 12.1 Å². The first-order valence-corrected chi connectivity index (χ1v) is 6.00. The van der Waals surface area contributed by atoms with E-state index in [0.717, 1.165) is 5.69 Å². The van der Waals surface area contributed by atoms with E-state index in [1.54, 1.807) is 6.07 Å². The molecule has 0 aliphatic heterocycles. The molecule has 0 aliphatic rings. The fraction of sp³-hybridized carbons (Fsp3) is 0.556. The summed E-state index contributed by atoms with van der Waals surface area (Å²) >= 11 is 0. The van der Waals surface area contributed by atoms with Crippen LogP contribution in [-0.4, -0.2) is 19.7 Å². The van der Waals surface area contributed by atoms with Gasteiger partial charge in [0.05, 0.1) is 0 Å². The maximum absolute atomic E-state index is 11.1. The van der Waals surface area contributed by atoms with Crippen LogP contribution in [0.15, 0.2) is 17.2 Å². The monoisotopic (exact) mass is 201 g/mol. The zero-order valence-corrected chi connectivity index (χ0v) is 9.20. The average molecular weight is 201 g/mol. The Morgan fingerprint density at radius 3 is 2.00 bits per heavy atom. The lowest BCUT2D eigenvalue weighted by Crippen LogP contribution is -2.12. The standard InChI is InChI=1S/C9H15NO2S/c1-9(2,3)7-5-6-8(10-7)13(4,11)12/h5-6,10H,1-4H3. The van der Waals surface area contributed by atoms with Gasteiger partial charge in [-0.2, -0.15) is 0 Å². The molecule has 0 bridgehead atoms. The van der Waals surface area contributed by atoms with Gasteiger partial charge in [0.15, 0.2) is 9.84 Å². The number of hydrogen-bond acceptors (Lipinski definition) is 2. The SMILES string of the molecule is CC(C)(C)c1ccc(S(C)(=O)=O)[nH]1. The summed E-state index contributed by atoms with van der Waals surface area (Å²) in [6.07, 6.45) is 1.20. The molecule has 1 N–H and O–H groups in total. The second-order valence-electron chi connectivity index (χ2n) is 4.26. The van der Waals surface area contributed by atoms with Crippen LogP contribution < -0.4 is 0 Å². The van der Waals surface area contributed by atoms with Crippen molar-refractivity contribution < 1.29 is 8.42 Å². The van der Waals surface area contributed by atoms with Crippen molar-refractivity contribution in [1.29, 1.82) is 0 Å². The highest BCUT2D eigenvalue weighted by Crippen LogP contribution is 2.22. The zero-order valence-electron chi connectivity index (χ0n) is 8.38. The largest absolute Gasteiger partial charge is 0.349 e. The summed E-state index contributed by atoms with van der Waals surface area (Å²) in [5.41, 5.74) is 0.899. The molecule has 4 heteroatoms. The van der Waals surface area contributed by atoms with Crippen LogP contribution in [0.4, 0.5) is 0 Å². The van der Waals surface area contributed by atoms with E-state index < -0.39 is 9.84 Å². The van der Waals surface area contributed by atoms with Gasteiger partial charge in [0.2, 0.25) is 0 Å². The second-order valence-corrected chi connectivity index (χ2v) is 6.24. The molecule has 0 atom stereocenters. The molecule has 3 nitrogen and oxygen atoms in total. The maximum atomic E-state index is 11.1. The summed E-state index contributed by atoms with van der Waals surface area (Å²) in [5, 5.41) is 0.289. The van der Waals surface area contributed by atoms with Crippen molar-refractivity contribution in [2.24, 2.45) is 0 Å². The number of hydrogen-bond donors (Lipinski definition) is 1. The molecule has 0 aliphatic carbocycles. The highest BCUT2D eigenvalue weighted by Gasteiger charge is 2.18. The molecular weight excluding hydrogens is 186 g/mol. The fourth-order valence-electron chi connectivity index (χ4n) is 1.03. The van der Waals surface area contributed by atoms with Crippen molar-refractivity contribution in [3.63, 3.8) is 0 Å². The third-order valence-electron chi connectivity index (χ3n) is 1.87. The molecular formula is C9H15NO2S. The van der Waals surface area contributed by atoms with Crippen molar-refractivity contribution in [3.05, 3.63) is 17.8 Å². The third kappa shape index (κ3) is 2.34. The lowest BCUT2D eigenvalue weighted by molar-refractivity contribution is 0.565. The summed E-state index contributed by atoms with van der Waals surface area (Å²) in [7, 11) is -3.10. The van der Waals surface area contributed by atoms with Crippen molar-refractivity contribution in [2.45, 2.75) is 31.2 Å². The molecule has 1 aromatic rings. The minimum atomic E-state index is -3.10. The quantitative estimate of drug-likeness (QED) is 0.752. The predicted octanol–water partition coefficient (Wildman–Crippen LogP) is 1.72. The number of aromatic amines is 1. The number of H-pyrrole nitrogens is 1. The Morgan fingerprint density at radius 2 is 1.77 bits per heavy atom. The van der Waals surface area contributed by atoms with E-state index in [1.807, 2.05) is 26.8 Å². The number of aromatic nitrogens is 1. The smallest absolute Gasteiger partial charge is 0.190 e. The Hall–Kier alpha value is -0.770. The van der Waals surface area contributed by atoms with Crippen LogP contribution in [-0.2, 0) is 15.3 Å². The Kier molecular flexibility index (Phi) is 2.28. The van der Waals surface area contributed by atoms with Crippen LogP contribution in [0.3, 0.4) is 0 Å². The summed E-state index contributed by atoms with van der Waals surface area (Å²) in [5.74, 6) is 0. The van der Waals surface area contributed by atoms with Crippen LogP contribution in [0.1, 0.15) is 26.5 Å². The summed E-state index contributed by atoms with van der Waals surface area (Å²) in [6.45, 7) is 6.10. The molecule has 0 amide bonds. The van der Waals surface area contributed by atoms with Gasteiger partial charge >= 0.3 is 0 Å². The van der Waals surface area contributed by atoms with E-state index in [1.165, 1.54) is 6.26 Å². The van der Waals surface area contributed by atoms with Crippen molar-refractivity contribution >= 4 is 9.84 Å². The van der Waals surface area contributed by atoms with Crippen LogP contribution in [0.5, 0.6) is 0 Å². The first-order chi connectivity index (χ1) is 5.71. The maximum Gasteiger partial charge on any atom is 0.190 e. The van der Waals surface area contributed by atoms with Crippen LogP contribution in [0.25, 0.3) is 0 Å². The van der Waals surface area contributed by atoms with Gasteiger partial charge < -0.3 is 4.98 Å². The van der Waals surface area contributed by atoms with Crippen LogP contribution >= 0.6 is 0 Å². The topological polar surface area (TPSA) is 49.9 Å². The van der Waals surface area contributed by atoms with E-state index >= 15 is 0 Å². The van der Waals surface area contributed by atoms with Gasteiger partial charge in [-0.1, -0.05) is 20.8 Å². The molecule has 1 rings (SSSR count). The Balaban J connectivity index is 3.16. The van der Waals surface area contributed by atoms with Crippen molar-refractivity contribution in [1.82, 2.24) is 4.98 Å². The number of nitrogens with one attached hydrogen (secondary N) is 1. The molecule has 0 unspecified atom stereocenters. The highest BCUT2D eigenvalue weighted by atomic mass is 32.2. The molecule has 0 fully saturated rings. The van der Waals surface area contributed by atoms with Crippen LogP contribution in [0, 0.1) is 0 Å². The third-order valence-corrected chi connectivity index (χ3v) is 2.90. The minimum Gasteiger partial charge on any atom is -0.349 e. The lowest BCUT2D eigenvalue weighted by atomic mass is 9.93. The molecule has 74 valence electrons. The van der Waals surface area contributed by atoms with E-state index in [2.05, 4.69) is 4.98 Å². The predicted molar refractivity (Wildman–Crippen MR) is 52.6 cm³/mol. The fourth-order valence-corrected chi connectivity index (χ4v) is 1.64. The highest BCUT2D eigenvalue weighted by molar-refractivity contribution is 7.90. The van der Waals surface area contributed by atoms with Crippen molar-refractivity contribution in [2.75, 3.05) is 6.26 Å². The Labute approximate surface area is 79.1 Å². The Bertz CT molecular complexity index is 395. The van der Waals surface area contributed by atoms with E-state index in [9.17, 15) is 8.42 Å². The molecule has 0 aromatic carbocycles. The van der Waals surface area contributed by atoms with Gasteiger partial charge in [0, 0.05) is 17.4 Å². The number of sulfone groups is 1. The van der Waals surface area contributed by atoms with E-state index in [-0.39, 0.29) is 10.4 Å². The van der Waals surface area contributed by atoms with E-state index in [0.29, 0.717) is 0 Å². The summed E-state index contributed by atoms with van der Waals surface area (Å²) in [6, 6.07) is 3.42. The van der Waals surface area contributed by atoms with Crippen LogP contribution in [0.2, 0.25) is 0 Å². The Morgan fingerprint density at radius 1 is 1.23 bits per heavy atom. The normalized spacial score (nSPS) is 13.2. The van der Waals surface area contributed by atoms with Gasteiger partial charge in [-0.15, -0.1) is 0 Å². The van der Waals surface area contributed by atoms with E-state index in [4.69, 9.17) is 0 Å². The average Bonchev–Trinajstić information content (AvgIpc) is 2.28. The minimum absolute atomic E-state index is 0.0388. The summed E-state index contributed by atoms with van der Waals surface area (Å²) in [4.78, 5) is 2.91. The number of rotatable bonds is 1. The van der Waals surface area contributed by atoms with Gasteiger partial charge in [-0.3, -0.25) is 0 Å². The van der Waals surface area contributed by atoms with Crippen molar-refractivity contribution in [3.8, 4) is 0 Å². The lowest BCUT2D eigenvalue weighted by Gasteiger charge is -2.15. The summed E-state index contributed by atoms with van der Waals surface area (Å²) < 4.78 is 22.3. The first-order valence-electron chi connectivity index (χ1n) is 4.11. The zero-order chi connectivity index (χ0) is 10.3. The molecule has 0 saturated carbocycles. The molecule has 1 heterocycles.